The zero-order chi connectivity index (χ0) is 11.4. The van der Waals surface area contributed by atoms with Crippen LogP contribution < -0.4 is 4.74 Å². The van der Waals surface area contributed by atoms with Crippen molar-refractivity contribution in [1.82, 2.24) is 0 Å². The van der Waals surface area contributed by atoms with Crippen LogP contribution in [0.25, 0.3) is 0 Å². The van der Waals surface area contributed by atoms with Crippen molar-refractivity contribution >= 4 is 11.9 Å². The molecule has 0 amide bonds. The van der Waals surface area contributed by atoms with Crippen molar-refractivity contribution in [3.05, 3.63) is 29.8 Å². The van der Waals surface area contributed by atoms with Crippen LogP contribution >= 0.6 is 0 Å². The molecule has 0 radical (unpaired) electrons. The Morgan fingerprint density at radius 1 is 1.27 bits per heavy atom. The standard InChI is InChI=1S/C9H6F2O4/c10-6-2-1-5(3-7(6)11)15-9(14)4-8(12)13/h1-3H,4H2,(H,12,13). The lowest BCUT2D eigenvalue weighted by atomic mass is 10.3. The average molecular weight is 216 g/mol. The third kappa shape index (κ3) is 3.34. The van der Waals surface area contributed by atoms with Crippen molar-refractivity contribution in [2.75, 3.05) is 0 Å². The quantitative estimate of drug-likeness (QED) is 0.470. The molecular weight excluding hydrogens is 210 g/mol. The van der Waals surface area contributed by atoms with E-state index in [9.17, 15) is 18.4 Å². The fraction of sp³-hybridized carbons (Fsp3) is 0.111. The highest BCUT2D eigenvalue weighted by Gasteiger charge is 2.11. The van der Waals surface area contributed by atoms with Gasteiger partial charge in [-0.2, -0.15) is 0 Å². The van der Waals surface area contributed by atoms with Crippen LogP contribution in [0.5, 0.6) is 5.75 Å². The second kappa shape index (κ2) is 4.50. The molecule has 0 aliphatic heterocycles. The molecule has 0 spiro atoms. The van der Waals surface area contributed by atoms with Gasteiger partial charge in [-0.05, 0) is 12.1 Å². The maximum Gasteiger partial charge on any atom is 0.322 e. The summed E-state index contributed by atoms with van der Waals surface area (Å²) in [5, 5.41) is 8.23. The highest BCUT2D eigenvalue weighted by atomic mass is 19.2. The minimum atomic E-state index is -1.36. The van der Waals surface area contributed by atoms with E-state index in [4.69, 9.17) is 5.11 Å². The van der Waals surface area contributed by atoms with Gasteiger partial charge in [-0.3, -0.25) is 9.59 Å². The van der Waals surface area contributed by atoms with E-state index in [-0.39, 0.29) is 5.75 Å². The molecule has 1 aromatic rings. The number of carboxylic acids is 1. The fourth-order valence-electron chi connectivity index (χ4n) is 0.831. The molecule has 0 unspecified atom stereocenters. The molecule has 0 bridgehead atoms. The highest BCUT2D eigenvalue weighted by molar-refractivity contribution is 5.91. The Bertz CT molecular complexity index is 403. The van der Waals surface area contributed by atoms with Gasteiger partial charge in [0, 0.05) is 6.07 Å². The van der Waals surface area contributed by atoms with E-state index in [0.717, 1.165) is 12.1 Å². The first-order valence-electron chi connectivity index (χ1n) is 3.86. The number of halogens is 2. The Kier molecular flexibility index (Phi) is 3.33. The molecule has 0 fully saturated rings. The van der Waals surface area contributed by atoms with Gasteiger partial charge in [0.05, 0.1) is 0 Å². The molecular formula is C9H6F2O4. The van der Waals surface area contributed by atoms with Crippen LogP contribution in [0, 0.1) is 11.6 Å². The van der Waals surface area contributed by atoms with E-state index in [2.05, 4.69) is 4.74 Å². The summed E-state index contributed by atoms with van der Waals surface area (Å²) in [5.74, 6) is -4.89. The molecule has 1 N–H and O–H groups in total. The largest absolute Gasteiger partial charge is 0.481 e. The van der Waals surface area contributed by atoms with Crippen LogP contribution in [-0.4, -0.2) is 17.0 Å². The van der Waals surface area contributed by atoms with E-state index >= 15 is 0 Å². The van der Waals surface area contributed by atoms with Gasteiger partial charge in [0.15, 0.2) is 11.6 Å². The third-order valence-corrected chi connectivity index (χ3v) is 1.42. The van der Waals surface area contributed by atoms with Crippen molar-refractivity contribution in [2.45, 2.75) is 6.42 Å². The molecule has 80 valence electrons. The first-order chi connectivity index (χ1) is 6.99. The lowest BCUT2D eigenvalue weighted by Crippen LogP contribution is -2.13. The van der Waals surface area contributed by atoms with Crippen LogP contribution in [0.2, 0.25) is 0 Å². The molecule has 0 saturated heterocycles. The Labute approximate surface area is 83.1 Å². The van der Waals surface area contributed by atoms with Gasteiger partial charge in [-0.15, -0.1) is 0 Å². The van der Waals surface area contributed by atoms with Crippen LogP contribution in [0.1, 0.15) is 6.42 Å². The number of esters is 1. The number of rotatable bonds is 3. The van der Waals surface area contributed by atoms with Crippen LogP contribution in [0.3, 0.4) is 0 Å². The average Bonchev–Trinajstić information content (AvgIpc) is 2.10. The van der Waals surface area contributed by atoms with Gasteiger partial charge in [0.25, 0.3) is 0 Å². The lowest BCUT2D eigenvalue weighted by molar-refractivity contribution is -0.145. The van der Waals surface area contributed by atoms with Crippen molar-refractivity contribution in [3.8, 4) is 5.75 Å². The van der Waals surface area contributed by atoms with E-state index < -0.39 is 30.0 Å². The van der Waals surface area contributed by atoms with E-state index in [1.54, 1.807) is 0 Å². The Morgan fingerprint density at radius 3 is 2.47 bits per heavy atom. The summed E-state index contributed by atoms with van der Waals surface area (Å²) in [4.78, 5) is 20.9. The molecule has 0 aliphatic rings. The Balaban J connectivity index is 2.69. The monoisotopic (exact) mass is 216 g/mol. The molecule has 0 aromatic heterocycles. The maximum absolute atomic E-state index is 12.6. The third-order valence-electron chi connectivity index (χ3n) is 1.42. The first kappa shape index (κ1) is 11.1. The van der Waals surface area contributed by atoms with E-state index in [1.807, 2.05) is 0 Å². The van der Waals surface area contributed by atoms with Gasteiger partial charge in [0.1, 0.15) is 12.2 Å². The number of hydrogen-bond donors (Lipinski definition) is 1. The highest BCUT2D eigenvalue weighted by Crippen LogP contribution is 2.15. The zero-order valence-corrected chi connectivity index (χ0v) is 7.37. The first-order valence-corrected chi connectivity index (χ1v) is 3.86. The molecule has 0 saturated carbocycles. The second-order valence-corrected chi connectivity index (χ2v) is 2.62. The summed E-state index contributed by atoms with van der Waals surface area (Å²) in [5.41, 5.74) is 0. The molecule has 1 rings (SSSR count). The summed E-state index contributed by atoms with van der Waals surface area (Å²) in [6.07, 6.45) is -0.834. The summed E-state index contributed by atoms with van der Waals surface area (Å²) in [7, 11) is 0. The zero-order valence-electron chi connectivity index (χ0n) is 7.37. The van der Waals surface area contributed by atoms with Crippen molar-refractivity contribution in [2.24, 2.45) is 0 Å². The van der Waals surface area contributed by atoms with Gasteiger partial charge in [0.2, 0.25) is 0 Å². The topological polar surface area (TPSA) is 63.6 Å². The molecule has 0 atom stereocenters. The van der Waals surface area contributed by atoms with E-state index in [1.165, 1.54) is 0 Å². The predicted molar refractivity (Wildman–Crippen MR) is 44.2 cm³/mol. The van der Waals surface area contributed by atoms with Crippen molar-refractivity contribution in [3.63, 3.8) is 0 Å². The van der Waals surface area contributed by atoms with Crippen molar-refractivity contribution in [1.29, 1.82) is 0 Å². The van der Waals surface area contributed by atoms with Crippen LogP contribution in [0.15, 0.2) is 18.2 Å². The summed E-state index contributed by atoms with van der Waals surface area (Å²) >= 11 is 0. The Hall–Kier alpha value is -1.98. The van der Waals surface area contributed by atoms with Crippen molar-refractivity contribution < 1.29 is 28.2 Å². The summed E-state index contributed by atoms with van der Waals surface area (Å²) in [6, 6.07) is 2.46. The molecule has 15 heavy (non-hydrogen) atoms. The Morgan fingerprint density at radius 2 is 1.93 bits per heavy atom. The number of ether oxygens (including phenoxy) is 1. The second-order valence-electron chi connectivity index (χ2n) is 2.62. The molecule has 0 aliphatic carbocycles. The number of carbonyl (C=O) groups excluding carboxylic acids is 1. The number of carbonyl (C=O) groups is 2. The molecule has 6 heteroatoms. The van der Waals surface area contributed by atoms with Gasteiger partial charge in [-0.1, -0.05) is 0 Å². The number of carboxylic acid groups (broad SMARTS) is 1. The summed E-state index contributed by atoms with van der Waals surface area (Å²) in [6.45, 7) is 0. The minimum Gasteiger partial charge on any atom is -0.481 e. The van der Waals surface area contributed by atoms with Gasteiger partial charge < -0.3 is 9.84 Å². The fourth-order valence-corrected chi connectivity index (χ4v) is 0.831. The van der Waals surface area contributed by atoms with Gasteiger partial charge >= 0.3 is 11.9 Å². The number of aliphatic carboxylic acids is 1. The SMILES string of the molecule is O=C(O)CC(=O)Oc1ccc(F)c(F)c1. The lowest BCUT2D eigenvalue weighted by Gasteiger charge is -2.02. The number of benzene rings is 1. The number of hydrogen-bond acceptors (Lipinski definition) is 3. The molecule has 4 nitrogen and oxygen atoms in total. The smallest absolute Gasteiger partial charge is 0.322 e. The van der Waals surface area contributed by atoms with E-state index in [0.29, 0.717) is 6.07 Å². The normalized spacial score (nSPS) is 9.73. The van der Waals surface area contributed by atoms with Crippen LogP contribution in [0.4, 0.5) is 8.78 Å². The van der Waals surface area contributed by atoms with Crippen LogP contribution in [-0.2, 0) is 9.59 Å². The minimum absolute atomic E-state index is 0.236. The predicted octanol–water partition coefficient (Wildman–Crippen LogP) is 1.34. The molecule has 1 aromatic carbocycles. The van der Waals surface area contributed by atoms with Gasteiger partial charge in [-0.25, -0.2) is 8.78 Å². The maximum atomic E-state index is 12.6. The summed E-state index contributed by atoms with van der Waals surface area (Å²) < 4.78 is 29.5. The molecule has 0 heterocycles.